The quantitative estimate of drug-likeness (QED) is 0.824. The molecule has 4 nitrogen and oxygen atoms in total. The summed E-state index contributed by atoms with van der Waals surface area (Å²) in [7, 11) is 0. The van der Waals surface area contributed by atoms with Crippen molar-refractivity contribution in [2.24, 2.45) is 5.92 Å². The fourth-order valence-corrected chi connectivity index (χ4v) is 2.20. The number of aromatic nitrogens is 2. The van der Waals surface area contributed by atoms with Gasteiger partial charge < -0.3 is 10.6 Å². The fourth-order valence-electron chi connectivity index (χ4n) is 1.83. The first-order chi connectivity index (χ1) is 9.94. The Morgan fingerprint density at radius 2 is 1.90 bits per heavy atom. The third-order valence-electron chi connectivity index (χ3n) is 2.97. The smallest absolute Gasteiger partial charge is 0.224 e. The van der Waals surface area contributed by atoms with Gasteiger partial charge in [0.15, 0.2) is 0 Å². The Bertz CT molecular complexity index is 626. The van der Waals surface area contributed by atoms with E-state index in [0.717, 1.165) is 28.2 Å². The third-order valence-corrected chi connectivity index (χ3v) is 3.82. The molecule has 0 atom stereocenters. The van der Waals surface area contributed by atoms with Gasteiger partial charge in [0.1, 0.15) is 5.82 Å². The molecule has 2 rings (SSSR count). The molecule has 2 aromatic rings. The van der Waals surface area contributed by atoms with Crippen LogP contribution in [0.25, 0.3) is 0 Å². The molecule has 0 amide bonds. The monoisotopic (exact) mass is 348 g/mol. The van der Waals surface area contributed by atoms with Gasteiger partial charge in [0.2, 0.25) is 5.95 Å². The second-order valence-electron chi connectivity index (χ2n) is 5.58. The number of nitrogens with zero attached hydrogens (tertiary/aromatic N) is 2. The third kappa shape index (κ3) is 4.70. The van der Waals surface area contributed by atoms with Crippen LogP contribution in [0.4, 0.5) is 17.5 Å². The van der Waals surface area contributed by atoms with Crippen LogP contribution in [-0.4, -0.2) is 16.5 Å². The first-order valence-electron chi connectivity index (χ1n) is 7.07. The molecule has 0 aliphatic heterocycles. The number of rotatable bonds is 5. The molecule has 1 aromatic carbocycles. The summed E-state index contributed by atoms with van der Waals surface area (Å²) in [5, 5.41) is 6.58. The van der Waals surface area contributed by atoms with Gasteiger partial charge in [-0.25, -0.2) is 4.98 Å². The molecule has 0 saturated heterocycles. The van der Waals surface area contributed by atoms with Gasteiger partial charge in [-0.2, -0.15) is 4.98 Å². The van der Waals surface area contributed by atoms with Crippen LogP contribution in [0.15, 0.2) is 28.7 Å². The van der Waals surface area contributed by atoms with Gasteiger partial charge >= 0.3 is 0 Å². The minimum Gasteiger partial charge on any atom is -0.354 e. The maximum absolute atomic E-state index is 4.50. The van der Waals surface area contributed by atoms with Gasteiger partial charge in [0.25, 0.3) is 0 Å². The van der Waals surface area contributed by atoms with Gasteiger partial charge in [-0.15, -0.1) is 0 Å². The number of anilines is 3. The highest BCUT2D eigenvalue weighted by molar-refractivity contribution is 9.10. The van der Waals surface area contributed by atoms with Crippen LogP contribution in [0.3, 0.4) is 0 Å². The summed E-state index contributed by atoms with van der Waals surface area (Å²) in [5.41, 5.74) is 3.14. The molecule has 0 bridgehead atoms. The van der Waals surface area contributed by atoms with E-state index < -0.39 is 0 Å². The zero-order valence-corrected chi connectivity index (χ0v) is 14.5. The van der Waals surface area contributed by atoms with E-state index >= 15 is 0 Å². The average molecular weight is 349 g/mol. The van der Waals surface area contributed by atoms with Crippen molar-refractivity contribution in [2.45, 2.75) is 27.7 Å². The Labute approximate surface area is 134 Å². The van der Waals surface area contributed by atoms with E-state index in [4.69, 9.17) is 0 Å². The van der Waals surface area contributed by atoms with Gasteiger partial charge in [0.05, 0.1) is 0 Å². The molecule has 112 valence electrons. The lowest BCUT2D eigenvalue weighted by molar-refractivity contribution is 0.684. The van der Waals surface area contributed by atoms with Crippen molar-refractivity contribution in [2.75, 3.05) is 17.2 Å². The van der Waals surface area contributed by atoms with Crippen LogP contribution in [0.1, 0.15) is 25.1 Å². The minimum absolute atomic E-state index is 0.554. The topological polar surface area (TPSA) is 49.8 Å². The van der Waals surface area contributed by atoms with E-state index in [1.54, 1.807) is 0 Å². The average Bonchev–Trinajstić information content (AvgIpc) is 2.40. The molecule has 0 unspecified atom stereocenters. The van der Waals surface area contributed by atoms with Crippen LogP contribution >= 0.6 is 15.9 Å². The fraction of sp³-hybridized carbons (Fsp3) is 0.375. The van der Waals surface area contributed by atoms with Crippen LogP contribution in [0.5, 0.6) is 0 Å². The summed E-state index contributed by atoms with van der Waals surface area (Å²) in [6.07, 6.45) is 0. The standard InChI is InChI=1S/C16H21BrN4/c1-10(2)9-18-16-19-12(4)7-15(21-16)20-13-6-5-11(3)14(17)8-13/h5-8,10H,9H2,1-4H3,(H2,18,19,20,21). The van der Waals surface area contributed by atoms with Crippen molar-refractivity contribution in [3.63, 3.8) is 0 Å². The minimum atomic E-state index is 0.554. The lowest BCUT2D eigenvalue weighted by atomic mass is 10.2. The normalized spacial score (nSPS) is 10.8. The lowest BCUT2D eigenvalue weighted by Gasteiger charge is -2.11. The Kier molecular flexibility index (Phi) is 5.17. The van der Waals surface area contributed by atoms with Gasteiger partial charge in [-0.05, 0) is 37.5 Å². The number of hydrogen-bond acceptors (Lipinski definition) is 4. The molecule has 0 fully saturated rings. The van der Waals surface area contributed by atoms with E-state index in [2.05, 4.69) is 63.4 Å². The number of benzene rings is 1. The summed E-state index contributed by atoms with van der Waals surface area (Å²) in [6.45, 7) is 9.21. The Morgan fingerprint density at radius 1 is 1.14 bits per heavy atom. The highest BCUT2D eigenvalue weighted by atomic mass is 79.9. The molecule has 0 radical (unpaired) electrons. The largest absolute Gasteiger partial charge is 0.354 e. The molecule has 2 N–H and O–H groups in total. The van der Waals surface area contributed by atoms with Crippen molar-refractivity contribution >= 4 is 33.4 Å². The number of halogens is 1. The van der Waals surface area contributed by atoms with E-state index in [0.29, 0.717) is 11.9 Å². The highest BCUT2D eigenvalue weighted by Gasteiger charge is 2.04. The second kappa shape index (κ2) is 6.89. The first-order valence-corrected chi connectivity index (χ1v) is 7.86. The van der Waals surface area contributed by atoms with E-state index in [1.807, 2.05) is 25.1 Å². The van der Waals surface area contributed by atoms with Crippen molar-refractivity contribution in [1.82, 2.24) is 9.97 Å². The molecule has 1 aromatic heterocycles. The Hall–Kier alpha value is -1.62. The highest BCUT2D eigenvalue weighted by Crippen LogP contribution is 2.23. The Balaban J connectivity index is 2.17. The zero-order valence-electron chi connectivity index (χ0n) is 12.9. The van der Waals surface area contributed by atoms with E-state index in [-0.39, 0.29) is 0 Å². The van der Waals surface area contributed by atoms with Crippen molar-refractivity contribution < 1.29 is 0 Å². The summed E-state index contributed by atoms with van der Waals surface area (Å²) < 4.78 is 1.08. The van der Waals surface area contributed by atoms with Gasteiger partial charge in [-0.3, -0.25) is 0 Å². The molecule has 0 saturated carbocycles. The lowest BCUT2D eigenvalue weighted by Crippen LogP contribution is -2.11. The molecule has 1 heterocycles. The summed E-state index contributed by atoms with van der Waals surface area (Å²) >= 11 is 3.54. The molecular weight excluding hydrogens is 328 g/mol. The number of hydrogen-bond donors (Lipinski definition) is 2. The molecule has 0 aliphatic rings. The molecule has 5 heteroatoms. The van der Waals surface area contributed by atoms with Crippen LogP contribution in [0.2, 0.25) is 0 Å². The van der Waals surface area contributed by atoms with Crippen molar-refractivity contribution in [3.8, 4) is 0 Å². The molecule has 0 spiro atoms. The zero-order chi connectivity index (χ0) is 15.4. The summed E-state index contributed by atoms with van der Waals surface area (Å²) in [5.74, 6) is 2.01. The van der Waals surface area contributed by atoms with Crippen LogP contribution in [-0.2, 0) is 0 Å². The first kappa shape index (κ1) is 15.8. The van der Waals surface area contributed by atoms with E-state index in [9.17, 15) is 0 Å². The Morgan fingerprint density at radius 3 is 2.57 bits per heavy atom. The predicted octanol–water partition coefficient (Wildman–Crippen LogP) is 4.67. The second-order valence-corrected chi connectivity index (χ2v) is 6.44. The number of aryl methyl sites for hydroxylation is 2. The molecular formula is C16H21BrN4. The van der Waals surface area contributed by atoms with Crippen LogP contribution < -0.4 is 10.6 Å². The van der Waals surface area contributed by atoms with Crippen molar-refractivity contribution in [1.29, 1.82) is 0 Å². The predicted molar refractivity (Wildman–Crippen MR) is 92.3 cm³/mol. The maximum Gasteiger partial charge on any atom is 0.224 e. The van der Waals surface area contributed by atoms with Crippen molar-refractivity contribution in [3.05, 3.63) is 40.0 Å². The van der Waals surface area contributed by atoms with E-state index in [1.165, 1.54) is 5.56 Å². The summed E-state index contributed by atoms with van der Waals surface area (Å²) in [4.78, 5) is 8.91. The van der Waals surface area contributed by atoms with Gasteiger partial charge in [0, 0.05) is 28.5 Å². The van der Waals surface area contributed by atoms with Gasteiger partial charge in [-0.1, -0.05) is 35.8 Å². The summed E-state index contributed by atoms with van der Waals surface area (Å²) in [6, 6.07) is 8.10. The SMILES string of the molecule is Cc1cc(Nc2ccc(C)c(Br)c2)nc(NCC(C)C)n1. The number of nitrogens with one attached hydrogen (secondary N) is 2. The maximum atomic E-state index is 4.50. The molecule has 0 aliphatic carbocycles. The molecule has 21 heavy (non-hydrogen) atoms. The van der Waals surface area contributed by atoms with Crippen LogP contribution in [0, 0.1) is 19.8 Å².